The Balaban J connectivity index is 1.49. The molecule has 4 rings (SSSR count). The molecule has 1 amide bonds. The van der Waals surface area contributed by atoms with Crippen LogP contribution in [0.15, 0.2) is 71.2 Å². The molecule has 0 saturated carbocycles. The van der Waals surface area contributed by atoms with Crippen LogP contribution < -0.4 is 0 Å². The SMILES string of the molecule is O=C(c1cccs1)N(Cc1ccc(C(F)(F)F)cc1)CC1CC(c2ccccc2Cl)=NO1. The minimum absolute atomic E-state index is 0.149. The van der Waals surface area contributed by atoms with Gasteiger partial charge in [-0.1, -0.05) is 53.2 Å². The molecular weight excluding hydrogens is 461 g/mol. The minimum Gasteiger partial charge on any atom is -0.390 e. The number of rotatable bonds is 6. The zero-order valence-corrected chi connectivity index (χ0v) is 18.3. The van der Waals surface area contributed by atoms with Gasteiger partial charge < -0.3 is 9.74 Å². The van der Waals surface area contributed by atoms with Crippen molar-refractivity contribution in [3.8, 4) is 0 Å². The highest BCUT2D eigenvalue weighted by molar-refractivity contribution is 7.12. The summed E-state index contributed by atoms with van der Waals surface area (Å²) in [6.07, 6.45) is -4.33. The van der Waals surface area contributed by atoms with Crippen LogP contribution in [0.25, 0.3) is 0 Å². The molecule has 0 spiro atoms. The number of benzene rings is 2. The van der Waals surface area contributed by atoms with Crippen molar-refractivity contribution < 1.29 is 22.8 Å². The fourth-order valence-corrected chi connectivity index (χ4v) is 4.36. The summed E-state index contributed by atoms with van der Waals surface area (Å²) in [5.41, 5.74) is 1.33. The second-order valence-electron chi connectivity index (χ2n) is 7.31. The molecule has 4 nitrogen and oxygen atoms in total. The summed E-state index contributed by atoms with van der Waals surface area (Å²) in [5, 5.41) is 6.50. The summed E-state index contributed by atoms with van der Waals surface area (Å²) in [7, 11) is 0. The zero-order valence-electron chi connectivity index (χ0n) is 16.7. The molecule has 166 valence electrons. The van der Waals surface area contributed by atoms with Gasteiger partial charge in [0.1, 0.15) is 0 Å². The lowest BCUT2D eigenvalue weighted by Crippen LogP contribution is -2.37. The average molecular weight is 479 g/mol. The number of thiophene rings is 1. The highest BCUT2D eigenvalue weighted by Gasteiger charge is 2.31. The van der Waals surface area contributed by atoms with Crippen molar-refractivity contribution in [1.82, 2.24) is 4.90 Å². The van der Waals surface area contributed by atoms with E-state index in [1.165, 1.54) is 23.5 Å². The predicted octanol–water partition coefficient (Wildman–Crippen LogP) is 6.26. The molecule has 0 aliphatic carbocycles. The second-order valence-corrected chi connectivity index (χ2v) is 8.66. The number of hydrogen-bond donors (Lipinski definition) is 0. The van der Waals surface area contributed by atoms with E-state index in [-0.39, 0.29) is 25.1 Å². The van der Waals surface area contributed by atoms with Crippen molar-refractivity contribution in [2.24, 2.45) is 5.16 Å². The maximum atomic E-state index is 13.1. The van der Waals surface area contributed by atoms with Gasteiger partial charge in [-0.15, -0.1) is 11.3 Å². The van der Waals surface area contributed by atoms with Crippen molar-refractivity contribution >= 4 is 34.6 Å². The van der Waals surface area contributed by atoms with Crippen LogP contribution in [0.5, 0.6) is 0 Å². The fraction of sp³-hybridized carbons (Fsp3) is 0.217. The highest BCUT2D eigenvalue weighted by atomic mass is 35.5. The summed E-state index contributed by atoms with van der Waals surface area (Å²) in [6.45, 7) is 0.380. The fourth-order valence-electron chi connectivity index (χ4n) is 3.42. The van der Waals surface area contributed by atoms with E-state index in [2.05, 4.69) is 5.16 Å². The monoisotopic (exact) mass is 478 g/mol. The van der Waals surface area contributed by atoms with Crippen molar-refractivity contribution in [3.05, 3.63) is 92.6 Å². The lowest BCUT2D eigenvalue weighted by Gasteiger charge is -2.24. The molecule has 1 unspecified atom stereocenters. The first kappa shape index (κ1) is 22.4. The van der Waals surface area contributed by atoms with Gasteiger partial charge in [0.25, 0.3) is 5.91 Å². The van der Waals surface area contributed by atoms with Crippen LogP contribution >= 0.6 is 22.9 Å². The molecule has 0 bridgehead atoms. The number of hydrogen-bond acceptors (Lipinski definition) is 4. The smallest absolute Gasteiger partial charge is 0.390 e. The number of carbonyl (C=O) groups is 1. The van der Waals surface area contributed by atoms with E-state index in [4.69, 9.17) is 16.4 Å². The third kappa shape index (κ3) is 5.14. The lowest BCUT2D eigenvalue weighted by molar-refractivity contribution is -0.137. The van der Waals surface area contributed by atoms with Gasteiger partial charge in [0.2, 0.25) is 0 Å². The molecule has 9 heteroatoms. The Hall–Kier alpha value is -2.84. The molecule has 1 aromatic heterocycles. The summed E-state index contributed by atoms with van der Waals surface area (Å²) >= 11 is 7.55. The Morgan fingerprint density at radius 3 is 2.53 bits per heavy atom. The van der Waals surface area contributed by atoms with E-state index in [0.29, 0.717) is 27.6 Å². The van der Waals surface area contributed by atoms with Gasteiger partial charge in [-0.3, -0.25) is 4.79 Å². The van der Waals surface area contributed by atoms with Crippen LogP contribution in [0.2, 0.25) is 5.02 Å². The van der Waals surface area contributed by atoms with Crippen molar-refractivity contribution in [2.75, 3.05) is 6.54 Å². The molecule has 1 atom stereocenters. The molecule has 1 aliphatic heterocycles. The molecule has 0 radical (unpaired) electrons. The number of oxime groups is 1. The molecule has 1 aliphatic rings. The predicted molar refractivity (Wildman–Crippen MR) is 118 cm³/mol. The van der Waals surface area contributed by atoms with E-state index in [9.17, 15) is 18.0 Å². The molecule has 32 heavy (non-hydrogen) atoms. The molecule has 3 aromatic rings. The molecule has 0 saturated heterocycles. The van der Waals surface area contributed by atoms with Crippen LogP contribution in [0.1, 0.15) is 32.8 Å². The molecule has 0 N–H and O–H groups in total. The first-order valence-electron chi connectivity index (χ1n) is 9.78. The van der Waals surface area contributed by atoms with Gasteiger partial charge in [-0.25, -0.2) is 0 Å². The highest BCUT2D eigenvalue weighted by Crippen LogP contribution is 2.30. The normalized spacial score (nSPS) is 15.9. The van der Waals surface area contributed by atoms with E-state index in [0.717, 1.165) is 17.7 Å². The zero-order chi connectivity index (χ0) is 22.7. The molecule has 2 heterocycles. The maximum Gasteiger partial charge on any atom is 0.416 e. The van der Waals surface area contributed by atoms with Crippen LogP contribution in [-0.4, -0.2) is 29.2 Å². The second kappa shape index (κ2) is 9.34. The molecule has 2 aromatic carbocycles. The van der Waals surface area contributed by atoms with E-state index >= 15 is 0 Å². The van der Waals surface area contributed by atoms with Crippen molar-refractivity contribution in [3.63, 3.8) is 0 Å². The van der Waals surface area contributed by atoms with E-state index in [1.54, 1.807) is 28.5 Å². The molecular formula is C23H18ClF3N2O2S. The Labute approximate surface area is 191 Å². The minimum atomic E-state index is -4.41. The number of carbonyl (C=O) groups excluding carboxylic acids is 1. The number of nitrogens with zero attached hydrogens (tertiary/aromatic N) is 2. The summed E-state index contributed by atoms with van der Waals surface area (Å²) < 4.78 is 38.6. The molecule has 0 fully saturated rings. The third-order valence-electron chi connectivity index (χ3n) is 5.02. The van der Waals surface area contributed by atoms with Gasteiger partial charge in [0.05, 0.1) is 22.7 Å². The first-order chi connectivity index (χ1) is 15.3. The van der Waals surface area contributed by atoms with Crippen LogP contribution in [0.4, 0.5) is 13.2 Å². The van der Waals surface area contributed by atoms with Gasteiger partial charge in [0.15, 0.2) is 6.10 Å². The van der Waals surface area contributed by atoms with Crippen LogP contribution in [-0.2, 0) is 17.6 Å². The number of amides is 1. The Bertz CT molecular complexity index is 1120. The topological polar surface area (TPSA) is 41.9 Å². The average Bonchev–Trinajstić information content (AvgIpc) is 3.45. The van der Waals surface area contributed by atoms with Crippen molar-refractivity contribution in [2.45, 2.75) is 25.2 Å². The van der Waals surface area contributed by atoms with Gasteiger partial charge in [-0.2, -0.15) is 13.2 Å². The van der Waals surface area contributed by atoms with Gasteiger partial charge in [-0.05, 0) is 35.2 Å². The Morgan fingerprint density at radius 1 is 1.12 bits per heavy atom. The van der Waals surface area contributed by atoms with Gasteiger partial charge >= 0.3 is 6.18 Å². The quantitative estimate of drug-likeness (QED) is 0.420. The van der Waals surface area contributed by atoms with Gasteiger partial charge in [0, 0.05) is 23.6 Å². The van der Waals surface area contributed by atoms with E-state index < -0.39 is 11.7 Å². The van der Waals surface area contributed by atoms with Crippen LogP contribution in [0, 0.1) is 0 Å². The van der Waals surface area contributed by atoms with Crippen LogP contribution in [0.3, 0.4) is 0 Å². The summed E-state index contributed by atoms with van der Waals surface area (Å²) in [4.78, 5) is 20.8. The third-order valence-corrected chi connectivity index (χ3v) is 6.20. The number of alkyl halides is 3. The summed E-state index contributed by atoms with van der Waals surface area (Å²) in [5.74, 6) is -0.213. The largest absolute Gasteiger partial charge is 0.416 e. The Morgan fingerprint density at radius 2 is 1.88 bits per heavy atom. The standard InChI is InChI=1S/C23H18ClF3N2O2S/c24-19-5-2-1-4-18(19)20-12-17(31-28-20)14-29(22(30)21-6-3-11-32-21)13-15-7-9-16(10-8-15)23(25,26)27/h1-11,17H,12-14H2. The van der Waals surface area contributed by atoms with Crippen molar-refractivity contribution in [1.29, 1.82) is 0 Å². The Kier molecular flexibility index (Phi) is 6.53. The van der Waals surface area contributed by atoms with E-state index in [1.807, 2.05) is 18.2 Å². The first-order valence-corrected chi connectivity index (χ1v) is 11.0. The lowest BCUT2D eigenvalue weighted by atomic mass is 10.0. The maximum absolute atomic E-state index is 13.1. The summed E-state index contributed by atoms with van der Waals surface area (Å²) in [6, 6.07) is 15.6. The number of halogens is 4.